The molecular formula is C12H17FN2O. The first-order valence-corrected chi connectivity index (χ1v) is 5.21. The summed E-state index contributed by atoms with van der Waals surface area (Å²) in [6.45, 7) is 4.17. The summed E-state index contributed by atoms with van der Waals surface area (Å²) in [6, 6.07) is 3.50. The van der Waals surface area contributed by atoms with Gasteiger partial charge in [-0.05, 0) is 37.6 Å². The van der Waals surface area contributed by atoms with E-state index in [0.29, 0.717) is 24.2 Å². The molecule has 0 fully saturated rings. The number of hydrogen-bond acceptors (Lipinski definition) is 2. The predicted molar refractivity (Wildman–Crippen MR) is 61.6 cm³/mol. The maximum Gasteiger partial charge on any atom is 0.234 e. The van der Waals surface area contributed by atoms with Crippen LogP contribution in [0, 0.1) is 19.7 Å². The molecule has 2 N–H and O–H groups in total. The van der Waals surface area contributed by atoms with Crippen molar-refractivity contribution in [1.29, 1.82) is 0 Å². The molecule has 3 nitrogen and oxygen atoms in total. The number of halogens is 1. The van der Waals surface area contributed by atoms with E-state index in [2.05, 4.69) is 10.6 Å². The third-order valence-corrected chi connectivity index (χ3v) is 2.32. The van der Waals surface area contributed by atoms with E-state index in [9.17, 15) is 9.18 Å². The van der Waals surface area contributed by atoms with E-state index in [-0.39, 0.29) is 11.7 Å². The van der Waals surface area contributed by atoms with Gasteiger partial charge in [0.1, 0.15) is 5.82 Å². The van der Waals surface area contributed by atoms with Crippen molar-refractivity contribution in [2.45, 2.75) is 20.4 Å². The Balaban J connectivity index is 2.65. The minimum Gasteiger partial charge on any atom is -0.351 e. The van der Waals surface area contributed by atoms with Crippen LogP contribution >= 0.6 is 0 Å². The maximum absolute atomic E-state index is 13.3. The average Bonchev–Trinajstić information content (AvgIpc) is 2.23. The molecule has 0 aliphatic rings. The van der Waals surface area contributed by atoms with Crippen molar-refractivity contribution < 1.29 is 9.18 Å². The van der Waals surface area contributed by atoms with E-state index >= 15 is 0 Å². The lowest BCUT2D eigenvalue weighted by Crippen LogP contribution is -2.31. The second-order valence-corrected chi connectivity index (χ2v) is 3.85. The van der Waals surface area contributed by atoms with Gasteiger partial charge in [0.05, 0.1) is 6.54 Å². The van der Waals surface area contributed by atoms with E-state index in [0.717, 1.165) is 5.56 Å². The molecule has 0 atom stereocenters. The van der Waals surface area contributed by atoms with Gasteiger partial charge >= 0.3 is 0 Å². The lowest BCUT2D eigenvalue weighted by atomic mass is 10.1. The summed E-state index contributed by atoms with van der Waals surface area (Å²) in [7, 11) is 1.71. The number of amides is 1. The number of likely N-dealkylation sites (N-methyl/N-ethyl adjacent to an activating group) is 1. The largest absolute Gasteiger partial charge is 0.351 e. The summed E-state index contributed by atoms with van der Waals surface area (Å²) in [5.74, 6) is -0.243. The monoisotopic (exact) mass is 224 g/mol. The van der Waals surface area contributed by atoms with Crippen LogP contribution in [0.4, 0.5) is 4.39 Å². The van der Waals surface area contributed by atoms with E-state index in [1.54, 1.807) is 33.0 Å². The standard InChI is InChI=1S/C12H17FN2O/c1-8-4-10(5-9(2)12(8)13)6-15-11(16)7-14-3/h4-5,14H,6-7H2,1-3H3,(H,15,16). The molecule has 0 aliphatic heterocycles. The lowest BCUT2D eigenvalue weighted by molar-refractivity contribution is -0.120. The molecule has 0 saturated carbocycles. The summed E-state index contributed by atoms with van der Waals surface area (Å²) in [4.78, 5) is 11.2. The van der Waals surface area contributed by atoms with Gasteiger partial charge in [-0.3, -0.25) is 4.79 Å². The number of hydrogen-bond donors (Lipinski definition) is 2. The summed E-state index contributed by atoms with van der Waals surface area (Å²) in [5.41, 5.74) is 2.14. The Morgan fingerprint density at radius 3 is 2.38 bits per heavy atom. The molecule has 1 aromatic carbocycles. The SMILES string of the molecule is CNCC(=O)NCc1cc(C)c(F)c(C)c1. The number of benzene rings is 1. The number of carbonyl (C=O) groups is 1. The molecule has 0 aromatic heterocycles. The molecule has 88 valence electrons. The molecule has 4 heteroatoms. The van der Waals surface area contributed by atoms with Gasteiger partial charge in [0.2, 0.25) is 5.91 Å². The number of nitrogens with one attached hydrogen (secondary N) is 2. The molecule has 1 aromatic rings. The molecule has 16 heavy (non-hydrogen) atoms. The Kier molecular flexibility index (Phi) is 4.43. The van der Waals surface area contributed by atoms with Crippen LogP contribution in [-0.4, -0.2) is 19.5 Å². The summed E-state index contributed by atoms with van der Waals surface area (Å²) >= 11 is 0. The van der Waals surface area contributed by atoms with Crippen LogP contribution in [0.1, 0.15) is 16.7 Å². The summed E-state index contributed by atoms with van der Waals surface area (Å²) in [6.07, 6.45) is 0. The third-order valence-electron chi connectivity index (χ3n) is 2.32. The molecule has 1 rings (SSSR count). The first kappa shape index (κ1) is 12.6. The Bertz CT molecular complexity index is 368. The topological polar surface area (TPSA) is 41.1 Å². The Labute approximate surface area is 95.0 Å². The van der Waals surface area contributed by atoms with Crippen molar-refractivity contribution in [3.63, 3.8) is 0 Å². The van der Waals surface area contributed by atoms with Gasteiger partial charge in [-0.2, -0.15) is 0 Å². The van der Waals surface area contributed by atoms with Crippen LogP contribution in [0.25, 0.3) is 0 Å². The fourth-order valence-corrected chi connectivity index (χ4v) is 1.56. The summed E-state index contributed by atoms with van der Waals surface area (Å²) < 4.78 is 13.3. The van der Waals surface area contributed by atoms with Crippen LogP contribution in [0.2, 0.25) is 0 Å². The maximum atomic E-state index is 13.3. The Morgan fingerprint density at radius 2 is 1.88 bits per heavy atom. The van der Waals surface area contributed by atoms with Gasteiger partial charge in [-0.15, -0.1) is 0 Å². The third kappa shape index (κ3) is 3.31. The highest BCUT2D eigenvalue weighted by Crippen LogP contribution is 2.14. The molecule has 0 bridgehead atoms. The van der Waals surface area contributed by atoms with Gasteiger partial charge in [0.15, 0.2) is 0 Å². The van der Waals surface area contributed by atoms with Crippen molar-refractivity contribution in [1.82, 2.24) is 10.6 Å². The van der Waals surface area contributed by atoms with Gasteiger partial charge in [0.25, 0.3) is 0 Å². The molecule has 0 saturated heterocycles. The lowest BCUT2D eigenvalue weighted by Gasteiger charge is -2.08. The van der Waals surface area contributed by atoms with Gasteiger partial charge < -0.3 is 10.6 Å². The highest BCUT2D eigenvalue weighted by molar-refractivity contribution is 5.77. The quantitative estimate of drug-likeness (QED) is 0.809. The molecule has 0 spiro atoms. The van der Waals surface area contributed by atoms with Crippen molar-refractivity contribution >= 4 is 5.91 Å². The minimum absolute atomic E-state index is 0.0675. The zero-order valence-electron chi connectivity index (χ0n) is 9.86. The zero-order chi connectivity index (χ0) is 12.1. The number of carbonyl (C=O) groups excluding carboxylic acids is 1. The van der Waals surface area contributed by atoms with E-state index in [1.165, 1.54) is 0 Å². The number of rotatable bonds is 4. The summed E-state index contributed by atoms with van der Waals surface area (Å²) in [5, 5.41) is 5.51. The average molecular weight is 224 g/mol. The van der Waals surface area contributed by atoms with E-state index in [1.807, 2.05) is 0 Å². The smallest absolute Gasteiger partial charge is 0.234 e. The highest BCUT2D eigenvalue weighted by atomic mass is 19.1. The second-order valence-electron chi connectivity index (χ2n) is 3.85. The molecule has 0 radical (unpaired) electrons. The van der Waals surface area contributed by atoms with Crippen LogP contribution in [0.15, 0.2) is 12.1 Å². The van der Waals surface area contributed by atoms with Crippen LogP contribution < -0.4 is 10.6 Å². The molecule has 0 heterocycles. The molecule has 0 aliphatic carbocycles. The van der Waals surface area contributed by atoms with Gasteiger partial charge in [-0.1, -0.05) is 12.1 Å². The molecule has 0 unspecified atom stereocenters. The Hall–Kier alpha value is -1.42. The fourth-order valence-electron chi connectivity index (χ4n) is 1.56. The van der Waals surface area contributed by atoms with Crippen molar-refractivity contribution in [3.05, 3.63) is 34.6 Å². The van der Waals surface area contributed by atoms with Crippen LogP contribution in [0.3, 0.4) is 0 Å². The highest BCUT2D eigenvalue weighted by Gasteiger charge is 2.05. The van der Waals surface area contributed by atoms with Crippen molar-refractivity contribution in [2.24, 2.45) is 0 Å². The molecular weight excluding hydrogens is 207 g/mol. The minimum atomic E-state index is -0.176. The first-order valence-electron chi connectivity index (χ1n) is 5.21. The first-order chi connectivity index (χ1) is 7.54. The van der Waals surface area contributed by atoms with Crippen LogP contribution in [-0.2, 0) is 11.3 Å². The van der Waals surface area contributed by atoms with E-state index in [4.69, 9.17) is 0 Å². The number of aryl methyl sites for hydroxylation is 2. The van der Waals surface area contributed by atoms with Crippen molar-refractivity contribution in [3.8, 4) is 0 Å². The predicted octanol–water partition coefficient (Wildman–Crippen LogP) is 1.28. The van der Waals surface area contributed by atoms with Gasteiger partial charge in [-0.25, -0.2) is 4.39 Å². The van der Waals surface area contributed by atoms with E-state index < -0.39 is 0 Å². The fraction of sp³-hybridized carbons (Fsp3) is 0.417. The van der Waals surface area contributed by atoms with Gasteiger partial charge in [0, 0.05) is 6.54 Å². The van der Waals surface area contributed by atoms with Crippen LogP contribution in [0.5, 0.6) is 0 Å². The Morgan fingerprint density at radius 1 is 1.31 bits per heavy atom. The molecule has 1 amide bonds. The second kappa shape index (κ2) is 5.61. The van der Waals surface area contributed by atoms with Crippen molar-refractivity contribution in [2.75, 3.05) is 13.6 Å². The normalized spacial score (nSPS) is 10.2. The zero-order valence-corrected chi connectivity index (χ0v) is 9.86.